The van der Waals surface area contributed by atoms with Crippen LogP contribution in [0.25, 0.3) is 11.1 Å². The molecule has 0 amide bonds. The molecule has 4 fully saturated rings. The Morgan fingerprint density at radius 3 is 1.57 bits per heavy atom. The van der Waals surface area contributed by atoms with Crippen molar-refractivity contribution in [1.29, 1.82) is 0 Å². The van der Waals surface area contributed by atoms with Crippen LogP contribution < -0.4 is 24.8 Å². The van der Waals surface area contributed by atoms with Gasteiger partial charge in [-0.1, -0.05) is 0 Å². The van der Waals surface area contributed by atoms with E-state index >= 15 is 0 Å². The molecule has 6 aliphatic carbocycles. The second-order valence-electron chi connectivity index (χ2n) is 15.8. The molecule has 2 aromatic rings. The van der Waals surface area contributed by atoms with E-state index in [9.17, 15) is 0 Å². The molecule has 6 aliphatic rings. The van der Waals surface area contributed by atoms with Gasteiger partial charge in [-0.15, -0.1) is 0 Å². The fraction of sp³-hybridized carbons (Fsp3) is 0.568. The molecule has 0 saturated heterocycles. The van der Waals surface area contributed by atoms with Gasteiger partial charge in [0.05, 0.1) is 0 Å². The molecule has 8 rings (SSSR count). The predicted molar refractivity (Wildman–Crippen MR) is 157 cm³/mol. The summed E-state index contributed by atoms with van der Waals surface area (Å²) < 4.78 is 2.61. The molecule has 0 N–H and O–H groups in total. The zero-order chi connectivity index (χ0) is 26.6. The van der Waals surface area contributed by atoms with Crippen molar-refractivity contribution < 1.29 is 48.0 Å². The third kappa shape index (κ3) is 5.01. The Kier molecular flexibility index (Phi) is 8.11. The molecule has 3 heteroatoms. The van der Waals surface area contributed by atoms with E-state index in [0.29, 0.717) is 9.04 Å². The van der Waals surface area contributed by atoms with Gasteiger partial charge < -0.3 is 24.8 Å². The number of allylic oxidation sites excluding steroid dienone is 4. The molecule has 0 unspecified atom stereocenters. The first-order chi connectivity index (χ1) is 17.9. The van der Waals surface area contributed by atoms with Crippen LogP contribution in [0.4, 0.5) is 0 Å². The van der Waals surface area contributed by atoms with Crippen LogP contribution in [0, 0.1) is 23.2 Å². The minimum Gasteiger partial charge on any atom is -1.00 e. The van der Waals surface area contributed by atoms with Crippen molar-refractivity contribution >= 4 is 0 Å². The maximum absolute atomic E-state index is 2.63. The summed E-state index contributed by atoms with van der Waals surface area (Å²) in [6.07, 6.45) is 13.0. The molecular formula is C37H46Cl2Zr. The van der Waals surface area contributed by atoms with Crippen molar-refractivity contribution in [3.8, 4) is 11.1 Å². The van der Waals surface area contributed by atoms with Crippen LogP contribution in [-0.2, 0) is 34.1 Å². The average Bonchev–Trinajstić information content (AvgIpc) is 3.35. The van der Waals surface area contributed by atoms with Crippen molar-refractivity contribution in [2.45, 2.75) is 108 Å². The zero-order valence-electron chi connectivity index (χ0n) is 25.6. The molecule has 0 atom stereocenters. The molecule has 40 heavy (non-hydrogen) atoms. The van der Waals surface area contributed by atoms with E-state index in [1.807, 2.05) is 8.85 Å². The Morgan fingerprint density at radius 1 is 0.700 bits per heavy atom. The SMILES string of the molecule is CC1=CC[C]([Zr+2][CH]2c3ccc(C(C)(C)C)cc3-c3cc(C(C)(C)C)ccc32)=C1C12CC3CC(CC(C3)C1)C2.[Cl-].[Cl-]. The van der Waals surface area contributed by atoms with E-state index in [0.717, 1.165) is 17.8 Å². The van der Waals surface area contributed by atoms with Crippen molar-refractivity contribution in [2.75, 3.05) is 0 Å². The first-order valence-corrected chi connectivity index (χ1v) is 18.0. The molecule has 0 aromatic heterocycles. The average molecular weight is 653 g/mol. The first kappa shape index (κ1) is 30.8. The molecule has 2 aromatic carbocycles. The van der Waals surface area contributed by atoms with Crippen molar-refractivity contribution in [3.05, 3.63) is 79.2 Å². The van der Waals surface area contributed by atoms with Crippen LogP contribution in [0.1, 0.15) is 119 Å². The van der Waals surface area contributed by atoms with Crippen LogP contribution in [0.2, 0.25) is 0 Å². The maximum atomic E-state index is 2.63. The van der Waals surface area contributed by atoms with E-state index in [4.69, 9.17) is 0 Å². The quantitative estimate of drug-likeness (QED) is 0.465. The van der Waals surface area contributed by atoms with Gasteiger partial charge >= 0.3 is 245 Å². The second kappa shape index (κ2) is 10.5. The predicted octanol–water partition coefficient (Wildman–Crippen LogP) is 4.26. The van der Waals surface area contributed by atoms with Gasteiger partial charge in [0.2, 0.25) is 0 Å². The van der Waals surface area contributed by atoms with E-state index in [2.05, 4.69) is 90.9 Å². The van der Waals surface area contributed by atoms with Gasteiger partial charge in [-0.3, -0.25) is 0 Å². The summed E-state index contributed by atoms with van der Waals surface area (Å²) in [6.45, 7) is 16.6. The molecule has 4 saturated carbocycles. The monoisotopic (exact) mass is 650 g/mol. The Balaban J connectivity index is 0.00000161. The fourth-order valence-corrected chi connectivity index (χ4v) is 14.4. The van der Waals surface area contributed by atoms with E-state index < -0.39 is 23.2 Å². The maximum Gasteiger partial charge on any atom is -1.00 e. The summed E-state index contributed by atoms with van der Waals surface area (Å²) in [5, 5.41) is 0. The van der Waals surface area contributed by atoms with E-state index in [-0.39, 0.29) is 35.6 Å². The van der Waals surface area contributed by atoms with Crippen LogP contribution in [0.5, 0.6) is 0 Å². The van der Waals surface area contributed by atoms with E-state index in [1.54, 1.807) is 47.1 Å². The van der Waals surface area contributed by atoms with Gasteiger partial charge in [0.1, 0.15) is 0 Å². The molecule has 0 heterocycles. The Morgan fingerprint density at radius 2 is 1.15 bits per heavy atom. The number of fused-ring (bicyclic) bond motifs is 3. The zero-order valence-corrected chi connectivity index (χ0v) is 29.5. The number of hydrogen-bond donors (Lipinski definition) is 0. The minimum absolute atomic E-state index is 0. The van der Waals surface area contributed by atoms with Gasteiger partial charge in [0, 0.05) is 0 Å². The molecule has 212 valence electrons. The summed E-state index contributed by atoms with van der Waals surface area (Å²) >= 11 is -0.862. The smallest absolute Gasteiger partial charge is 1.00 e. The third-order valence-electron chi connectivity index (χ3n) is 10.9. The molecule has 0 spiro atoms. The number of halogens is 2. The molecule has 0 aliphatic heterocycles. The third-order valence-corrected chi connectivity index (χ3v) is 15.2. The van der Waals surface area contributed by atoms with Crippen LogP contribution in [0.15, 0.2) is 56.9 Å². The number of benzene rings is 2. The van der Waals surface area contributed by atoms with Gasteiger partial charge in [0.25, 0.3) is 0 Å². The molecule has 0 nitrogen and oxygen atoms in total. The Hall–Kier alpha value is -0.617. The summed E-state index contributed by atoms with van der Waals surface area (Å²) in [4.78, 5) is 0. The number of rotatable bonds is 3. The standard InChI is InChI=1S/C21H25.C16H21.2ClH.Zr/c1-20(2,3)16-9-7-14-11-15-8-10-17(21(4,5)6)13-19(15)18(14)12-16;1-11-3-2-4-15(11)16-8-12-5-13(9-16)7-14(6-12)10-16;;;/h7-13H,1-6H3;3,12-14H,2,5-10H2,1H3;2*1H;/q;;;;+2/p-2. The van der Waals surface area contributed by atoms with Crippen molar-refractivity contribution in [2.24, 2.45) is 23.2 Å². The van der Waals surface area contributed by atoms with Crippen LogP contribution in [0.3, 0.4) is 0 Å². The first-order valence-electron chi connectivity index (χ1n) is 15.4. The Labute approximate surface area is 267 Å². The van der Waals surface area contributed by atoms with Crippen molar-refractivity contribution in [1.82, 2.24) is 0 Å². The summed E-state index contributed by atoms with van der Waals surface area (Å²) in [5.74, 6) is 3.06. The van der Waals surface area contributed by atoms with Crippen LogP contribution >= 0.6 is 0 Å². The summed E-state index contributed by atoms with van der Waals surface area (Å²) in [5.41, 5.74) is 13.8. The fourth-order valence-electron chi connectivity index (χ4n) is 9.50. The normalized spacial score (nSPS) is 28.5. The van der Waals surface area contributed by atoms with E-state index in [1.165, 1.54) is 36.8 Å². The van der Waals surface area contributed by atoms with Gasteiger partial charge in [0.15, 0.2) is 0 Å². The van der Waals surface area contributed by atoms with Gasteiger partial charge in [-0.25, -0.2) is 0 Å². The topological polar surface area (TPSA) is 0 Å². The van der Waals surface area contributed by atoms with Crippen molar-refractivity contribution in [3.63, 3.8) is 0 Å². The van der Waals surface area contributed by atoms with Gasteiger partial charge in [-0.05, 0) is 0 Å². The summed E-state index contributed by atoms with van der Waals surface area (Å²) in [7, 11) is 0. The summed E-state index contributed by atoms with van der Waals surface area (Å²) in [6, 6.07) is 15.1. The Bertz CT molecular complexity index is 1280. The largest absolute Gasteiger partial charge is 1.00 e. The van der Waals surface area contributed by atoms with Gasteiger partial charge in [-0.2, -0.15) is 0 Å². The number of hydrogen-bond acceptors (Lipinski definition) is 0. The molecule has 4 bridgehead atoms. The minimum atomic E-state index is -0.862. The molecular weight excluding hydrogens is 607 g/mol. The molecule has 0 radical (unpaired) electrons. The second-order valence-corrected chi connectivity index (χ2v) is 19.4. The van der Waals surface area contributed by atoms with Crippen LogP contribution in [-0.4, -0.2) is 0 Å².